The van der Waals surface area contributed by atoms with Gasteiger partial charge in [0.15, 0.2) is 17.0 Å². The van der Waals surface area contributed by atoms with Crippen molar-refractivity contribution in [1.82, 2.24) is 19.5 Å². The van der Waals surface area contributed by atoms with Crippen LogP contribution >= 0.6 is 0 Å². The standard InChI is InChI=1S/C29H36N8/c30-21-6-5-7-22(16-21)34-29-35-27(26-28(36-29)37(18-33-26)23-8-1-2-9-23)32-17-19-12-14-20(15-13-19)24-10-3-4-11-25(24)31/h3-4,10-15,18,21-23H,1-2,5-9,16-17,30-31H2,(H2,32,34,35,36). The van der Waals surface area contributed by atoms with E-state index in [4.69, 9.17) is 26.4 Å². The molecule has 0 bridgehead atoms. The van der Waals surface area contributed by atoms with Gasteiger partial charge in [0, 0.05) is 35.9 Å². The quantitative estimate of drug-likeness (QED) is 0.250. The summed E-state index contributed by atoms with van der Waals surface area (Å²) in [5, 5.41) is 7.13. The number of hydrogen-bond donors (Lipinski definition) is 4. The molecule has 2 atom stereocenters. The second-order valence-electron chi connectivity index (χ2n) is 10.6. The van der Waals surface area contributed by atoms with Crippen LogP contribution in [-0.2, 0) is 6.54 Å². The van der Waals surface area contributed by atoms with Crippen LogP contribution in [0.1, 0.15) is 63.0 Å². The Hall–Kier alpha value is -3.65. The molecule has 2 saturated carbocycles. The van der Waals surface area contributed by atoms with Crippen LogP contribution in [0.5, 0.6) is 0 Å². The molecule has 37 heavy (non-hydrogen) atoms. The number of hydrogen-bond acceptors (Lipinski definition) is 7. The summed E-state index contributed by atoms with van der Waals surface area (Å²) >= 11 is 0. The molecule has 0 amide bonds. The number of nitrogens with two attached hydrogens (primary N) is 2. The van der Waals surface area contributed by atoms with Crippen molar-refractivity contribution in [1.29, 1.82) is 0 Å². The fourth-order valence-electron chi connectivity index (χ4n) is 5.84. The second kappa shape index (κ2) is 10.4. The Balaban J connectivity index is 1.26. The van der Waals surface area contributed by atoms with Crippen molar-refractivity contribution in [3.05, 3.63) is 60.4 Å². The van der Waals surface area contributed by atoms with E-state index in [9.17, 15) is 0 Å². The minimum absolute atomic E-state index is 0.241. The van der Waals surface area contributed by atoms with Crippen LogP contribution in [0.4, 0.5) is 17.5 Å². The van der Waals surface area contributed by atoms with E-state index in [0.29, 0.717) is 24.6 Å². The lowest BCUT2D eigenvalue weighted by molar-refractivity contribution is 0.408. The van der Waals surface area contributed by atoms with Crippen LogP contribution in [0.25, 0.3) is 22.3 Å². The lowest BCUT2D eigenvalue weighted by atomic mass is 9.92. The molecule has 2 unspecified atom stereocenters. The van der Waals surface area contributed by atoms with E-state index in [1.54, 1.807) is 0 Å². The summed E-state index contributed by atoms with van der Waals surface area (Å²) in [5.74, 6) is 1.42. The normalized spacial score (nSPS) is 20.4. The zero-order valence-electron chi connectivity index (χ0n) is 21.2. The average molecular weight is 497 g/mol. The summed E-state index contributed by atoms with van der Waals surface area (Å²) in [5.41, 5.74) is 18.2. The Morgan fingerprint density at radius 1 is 0.919 bits per heavy atom. The number of anilines is 3. The second-order valence-corrected chi connectivity index (χ2v) is 10.6. The molecule has 6 N–H and O–H groups in total. The third kappa shape index (κ3) is 5.11. The molecule has 2 aromatic heterocycles. The summed E-state index contributed by atoms with van der Waals surface area (Å²) in [6.07, 6.45) is 11.1. The van der Waals surface area contributed by atoms with Gasteiger partial charge in [-0.2, -0.15) is 9.97 Å². The average Bonchev–Trinajstić information content (AvgIpc) is 3.58. The maximum absolute atomic E-state index is 6.24. The van der Waals surface area contributed by atoms with Crippen molar-refractivity contribution >= 4 is 28.6 Å². The molecule has 0 spiro atoms. The first-order chi connectivity index (χ1) is 18.1. The Bertz CT molecular complexity index is 1360. The van der Waals surface area contributed by atoms with Gasteiger partial charge in [-0.3, -0.25) is 0 Å². The van der Waals surface area contributed by atoms with Gasteiger partial charge in [0.1, 0.15) is 0 Å². The number of nitrogen functional groups attached to an aromatic ring is 1. The van der Waals surface area contributed by atoms with Crippen molar-refractivity contribution in [3.8, 4) is 11.1 Å². The molecule has 6 rings (SSSR count). The number of fused-ring (bicyclic) bond motifs is 1. The maximum atomic E-state index is 6.24. The van der Waals surface area contributed by atoms with Crippen LogP contribution in [0, 0.1) is 0 Å². The van der Waals surface area contributed by atoms with Crippen molar-refractivity contribution in [2.75, 3.05) is 16.4 Å². The maximum Gasteiger partial charge on any atom is 0.227 e. The summed E-state index contributed by atoms with van der Waals surface area (Å²) < 4.78 is 2.26. The SMILES string of the molecule is Nc1ccccc1-c1ccc(CNc2nc(NC3CCCC(N)C3)nc3c2ncn3C2CCCC2)cc1. The van der Waals surface area contributed by atoms with E-state index in [-0.39, 0.29) is 6.04 Å². The number of nitrogens with zero attached hydrogens (tertiary/aromatic N) is 4. The van der Waals surface area contributed by atoms with E-state index >= 15 is 0 Å². The first kappa shape index (κ1) is 23.7. The highest BCUT2D eigenvalue weighted by Crippen LogP contribution is 2.33. The largest absolute Gasteiger partial charge is 0.398 e. The van der Waals surface area contributed by atoms with Gasteiger partial charge >= 0.3 is 0 Å². The first-order valence-electron chi connectivity index (χ1n) is 13.6. The molecule has 2 aliphatic carbocycles. The minimum atomic E-state index is 0.241. The fourth-order valence-corrected chi connectivity index (χ4v) is 5.84. The van der Waals surface area contributed by atoms with Crippen LogP contribution in [-0.4, -0.2) is 31.6 Å². The van der Waals surface area contributed by atoms with Crippen molar-refractivity contribution in [2.45, 2.75) is 76.0 Å². The van der Waals surface area contributed by atoms with Crippen molar-refractivity contribution in [2.24, 2.45) is 5.73 Å². The molecular weight excluding hydrogens is 460 g/mol. The Labute approximate surface area is 217 Å². The van der Waals surface area contributed by atoms with E-state index < -0.39 is 0 Å². The van der Waals surface area contributed by atoms with Gasteiger partial charge in [-0.25, -0.2) is 4.98 Å². The van der Waals surface area contributed by atoms with E-state index in [1.807, 2.05) is 24.5 Å². The van der Waals surface area contributed by atoms with E-state index in [0.717, 1.165) is 65.0 Å². The Morgan fingerprint density at radius 2 is 1.73 bits per heavy atom. The van der Waals surface area contributed by atoms with E-state index in [2.05, 4.69) is 45.5 Å². The number of benzene rings is 2. The predicted molar refractivity (Wildman–Crippen MR) is 150 cm³/mol. The number of imidazole rings is 1. The number of aromatic nitrogens is 4. The lowest BCUT2D eigenvalue weighted by Crippen LogP contribution is -2.35. The minimum Gasteiger partial charge on any atom is -0.398 e. The highest BCUT2D eigenvalue weighted by molar-refractivity contribution is 5.84. The molecule has 2 heterocycles. The molecule has 0 aliphatic heterocycles. The third-order valence-electron chi connectivity index (χ3n) is 7.87. The topological polar surface area (TPSA) is 120 Å². The van der Waals surface area contributed by atoms with Gasteiger partial charge in [-0.1, -0.05) is 55.3 Å². The Morgan fingerprint density at radius 3 is 2.51 bits per heavy atom. The molecule has 8 heteroatoms. The van der Waals surface area contributed by atoms with Crippen LogP contribution < -0.4 is 22.1 Å². The van der Waals surface area contributed by atoms with Gasteiger partial charge in [0.2, 0.25) is 5.95 Å². The molecule has 8 nitrogen and oxygen atoms in total. The first-order valence-corrected chi connectivity index (χ1v) is 13.6. The number of para-hydroxylation sites is 1. The van der Waals surface area contributed by atoms with Crippen molar-refractivity contribution in [3.63, 3.8) is 0 Å². The number of rotatable bonds is 7. The predicted octanol–water partition coefficient (Wildman–Crippen LogP) is 5.48. The molecule has 4 aromatic rings. The summed E-state index contributed by atoms with van der Waals surface area (Å²) in [4.78, 5) is 14.6. The molecule has 0 saturated heterocycles. The molecule has 2 aliphatic rings. The monoisotopic (exact) mass is 496 g/mol. The Kier molecular flexibility index (Phi) is 6.66. The molecular formula is C29H36N8. The summed E-state index contributed by atoms with van der Waals surface area (Å²) in [7, 11) is 0. The van der Waals surface area contributed by atoms with Crippen LogP contribution in [0.3, 0.4) is 0 Å². The molecule has 2 fully saturated rings. The van der Waals surface area contributed by atoms with Gasteiger partial charge in [-0.05, 0) is 55.7 Å². The zero-order chi connectivity index (χ0) is 25.2. The number of nitrogens with one attached hydrogen (secondary N) is 2. The van der Waals surface area contributed by atoms with Gasteiger partial charge in [-0.15, -0.1) is 0 Å². The summed E-state index contributed by atoms with van der Waals surface area (Å²) in [6.45, 7) is 0.640. The highest BCUT2D eigenvalue weighted by Gasteiger charge is 2.24. The van der Waals surface area contributed by atoms with Crippen molar-refractivity contribution < 1.29 is 0 Å². The van der Waals surface area contributed by atoms with Crippen LogP contribution in [0.2, 0.25) is 0 Å². The summed E-state index contributed by atoms with van der Waals surface area (Å²) in [6, 6.07) is 17.5. The van der Waals surface area contributed by atoms with Crippen LogP contribution in [0.15, 0.2) is 54.9 Å². The smallest absolute Gasteiger partial charge is 0.227 e. The molecule has 2 aromatic carbocycles. The fraction of sp³-hybridized carbons (Fsp3) is 0.414. The third-order valence-corrected chi connectivity index (χ3v) is 7.87. The zero-order valence-corrected chi connectivity index (χ0v) is 21.2. The van der Waals surface area contributed by atoms with E-state index in [1.165, 1.54) is 25.7 Å². The van der Waals surface area contributed by atoms with Gasteiger partial charge < -0.3 is 26.7 Å². The molecule has 192 valence electrons. The van der Waals surface area contributed by atoms with Gasteiger partial charge in [0.25, 0.3) is 0 Å². The molecule has 0 radical (unpaired) electrons. The lowest BCUT2D eigenvalue weighted by Gasteiger charge is -2.27. The van der Waals surface area contributed by atoms with Gasteiger partial charge in [0.05, 0.1) is 6.33 Å². The highest BCUT2D eigenvalue weighted by atomic mass is 15.2.